The number of fused-ring (bicyclic) bond motifs is 1. The second kappa shape index (κ2) is 6.54. The summed E-state index contributed by atoms with van der Waals surface area (Å²) in [4.78, 5) is 36.9. The Morgan fingerprint density at radius 3 is 2.17 bits per heavy atom. The van der Waals surface area contributed by atoms with Gasteiger partial charge in [0.2, 0.25) is 0 Å². The molecule has 1 aliphatic heterocycles. The molecule has 0 unspecified atom stereocenters. The molecule has 1 heterocycles. The van der Waals surface area contributed by atoms with Crippen LogP contribution in [-0.4, -0.2) is 36.0 Å². The molecule has 0 atom stereocenters. The van der Waals surface area contributed by atoms with Gasteiger partial charge in [0.05, 0.1) is 11.1 Å². The Balaban J connectivity index is 1.55. The quantitative estimate of drug-likeness (QED) is 0.622. The number of imide groups is 1. The average molecular weight is 325 g/mol. The van der Waals surface area contributed by atoms with Crippen LogP contribution >= 0.6 is 0 Å². The Morgan fingerprint density at radius 2 is 1.54 bits per heavy atom. The van der Waals surface area contributed by atoms with E-state index in [1.807, 2.05) is 19.1 Å². The highest BCUT2D eigenvalue weighted by molar-refractivity contribution is 6.21. The molecule has 0 spiro atoms. The van der Waals surface area contributed by atoms with E-state index < -0.39 is 24.5 Å². The van der Waals surface area contributed by atoms with Gasteiger partial charge in [-0.25, -0.2) is 9.69 Å². The fourth-order valence-electron chi connectivity index (χ4n) is 2.39. The Bertz CT molecular complexity index is 780. The van der Waals surface area contributed by atoms with Gasteiger partial charge in [-0.05, 0) is 30.7 Å². The van der Waals surface area contributed by atoms with Crippen molar-refractivity contribution in [2.75, 3.05) is 13.3 Å². The summed E-state index contributed by atoms with van der Waals surface area (Å²) < 4.78 is 10.3. The molecular weight excluding hydrogens is 310 g/mol. The second-order valence-electron chi connectivity index (χ2n) is 5.28. The van der Waals surface area contributed by atoms with Crippen molar-refractivity contribution in [1.29, 1.82) is 0 Å². The highest BCUT2D eigenvalue weighted by Crippen LogP contribution is 2.22. The first-order valence-corrected chi connectivity index (χ1v) is 7.37. The first-order valence-electron chi connectivity index (χ1n) is 7.37. The summed E-state index contributed by atoms with van der Waals surface area (Å²) in [5.74, 6) is -1.02. The van der Waals surface area contributed by atoms with Crippen molar-refractivity contribution < 1.29 is 23.9 Å². The molecule has 2 aromatic rings. The van der Waals surface area contributed by atoms with Crippen LogP contribution in [0.2, 0.25) is 0 Å². The van der Waals surface area contributed by atoms with E-state index in [0.29, 0.717) is 16.9 Å². The van der Waals surface area contributed by atoms with E-state index in [4.69, 9.17) is 9.47 Å². The third-order valence-corrected chi connectivity index (χ3v) is 3.67. The van der Waals surface area contributed by atoms with Crippen LogP contribution in [0, 0.1) is 6.92 Å². The summed E-state index contributed by atoms with van der Waals surface area (Å²) >= 11 is 0. The van der Waals surface area contributed by atoms with E-state index in [1.54, 1.807) is 36.4 Å². The maximum Gasteiger partial charge on any atom is 0.345 e. The molecular formula is C18H15NO5. The Hall–Kier alpha value is -3.15. The normalized spacial score (nSPS) is 13.0. The van der Waals surface area contributed by atoms with Gasteiger partial charge in [0.25, 0.3) is 11.8 Å². The SMILES string of the molecule is Cc1ccccc1OCC(=O)OCN1C(=O)c2ccccc2C1=O. The first kappa shape index (κ1) is 15.7. The van der Waals surface area contributed by atoms with Gasteiger partial charge < -0.3 is 9.47 Å². The summed E-state index contributed by atoms with van der Waals surface area (Å²) in [6.45, 7) is 1.13. The maximum absolute atomic E-state index is 12.1. The minimum absolute atomic E-state index is 0.298. The molecule has 0 saturated carbocycles. The van der Waals surface area contributed by atoms with E-state index in [9.17, 15) is 14.4 Å². The Labute approximate surface area is 138 Å². The van der Waals surface area contributed by atoms with Gasteiger partial charge >= 0.3 is 5.97 Å². The molecule has 0 aromatic heterocycles. The average Bonchev–Trinajstić information content (AvgIpc) is 2.84. The van der Waals surface area contributed by atoms with Crippen LogP contribution in [0.25, 0.3) is 0 Å². The third kappa shape index (κ3) is 2.99. The zero-order valence-corrected chi connectivity index (χ0v) is 13.0. The number of rotatable bonds is 5. The number of amides is 2. The fraction of sp³-hybridized carbons (Fsp3) is 0.167. The van der Waals surface area contributed by atoms with Crippen molar-refractivity contribution in [3.05, 3.63) is 65.2 Å². The van der Waals surface area contributed by atoms with Gasteiger partial charge in [0, 0.05) is 0 Å². The summed E-state index contributed by atoms with van der Waals surface area (Å²) in [5.41, 5.74) is 1.52. The lowest BCUT2D eigenvalue weighted by Crippen LogP contribution is -2.34. The number of hydrogen-bond donors (Lipinski definition) is 0. The topological polar surface area (TPSA) is 72.9 Å². The standard InChI is InChI=1S/C18H15NO5/c1-12-6-2-5-9-15(12)23-10-16(20)24-11-19-17(21)13-7-3-4-8-14(13)18(19)22/h2-9H,10-11H2,1H3. The predicted octanol–water partition coefficient (Wildman–Crippen LogP) is 2.17. The molecule has 0 bridgehead atoms. The molecule has 1 aliphatic rings. The second-order valence-corrected chi connectivity index (χ2v) is 5.28. The molecule has 0 aliphatic carbocycles. The molecule has 0 saturated heterocycles. The first-order chi connectivity index (χ1) is 11.6. The molecule has 0 fully saturated rings. The van der Waals surface area contributed by atoms with Crippen LogP contribution in [0.5, 0.6) is 5.75 Å². The molecule has 6 nitrogen and oxygen atoms in total. The van der Waals surface area contributed by atoms with Crippen LogP contribution in [-0.2, 0) is 9.53 Å². The Morgan fingerprint density at radius 1 is 0.958 bits per heavy atom. The van der Waals surface area contributed by atoms with E-state index in [-0.39, 0.29) is 6.61 Å². The van der Waals surface area contributed by atoms with Gasteiger partial charge in [0.1, 0.15) is 5.75 Å². The van der Waals surface area contributed by atoms with Crippen LogP contribution in [0.4, 0.5) is 0 Å². The van der Waals surface area contributed by atoms with Crippen molar-refractivity contribution in [2.24, 2.45) is 0 Å². The zero-order chi connectivity index (χ0) is 17.1. The third-order valence-electron chi connectivity index (χ3n) is 3.67. The highest BCUT2D eigenvalue weighted by Gasteiger charge is 2.35. The number of aryl methyl sites for hydroxylation is 1. The van der Waals surface area contributed by atoms with Crippen molar-refractivity contribution >= 4 is 17.8 Å². The molecule has 0 radical (unpaired) electrons. The number of benzene rings is 2. The molecule has 3 rings (SSSR count). The number of hydrogen-bond acceptors (Lipinski definition) is 5. The Kier molecular flexibility index (Phi) is 4.29. The van der Waals surface area contributed by atoms with Crippen molar-refractivity contribution in [3.8, 4) is 5.75 Å². The van der Waals surface area contributed by atoms with Crippen LogP contribution in [0.3, 0.4) is 0 Å². The van der Waals surface area contributed by atoms with E-state index in [0.717, 1.165) is 10.5 Å². The van der Waals surface area contributed by atoms with Gasteiger partial charge in [-0.3, -0.25) is 9.59 Å². The predicted molar refractivity (Wildman–Crippen MR) is 84.6 cm³/mol. The lowest BCUT2D eigenvalue weighted by Gasteiger charge is -2.14. The smallest absolute Gasteiger partial charge is 0.345 e. The number of ether oxygens (including phenoxy) is 2. The lowest BCUT2D eigenvalue weighted by molar-refractivity contribution is -0.148. The molecule has 2 amide bonds. The van der Waals surface area contributed by atoms with E-state index in [1.165, 1.54) is 0 Å². The van der Waals surface area contributed by atoms with Crippen LogP contribution in [0.1, 0.15) is 26.3 Å². The summed E-state index contributed by atoms with van der Waals surface area (Å²) in [6.07, 6.45) is 0. The van der Waals surface area contributed by atoms with Gasteiger partial charge in [0.15, 0.2) is 13.3 Å². The summed E-state index contributed by atoms with van der Waals surface area (Å²) in [6, 6.07) is 13.8. The summed E-state index contributed by atoms with van der Waals surface area (Å²) in [5, 5.41) is 0. The lowest BCUT2D eigenvalue weighted by atomic mass is 10.1. The number of carbonyl (C=O) groups excluding carboxylic acids is 3. The fourth-order valence-corrected chi connectivity index (χ4v) is 2.39. The highest BCUT2D eigenvalue weighted by atomic mass is 16.6. The van der Waals surface area contributed by atoms with E-state index in [2.05, 4.69) is 0 Å². The zero-order valence-electron chi connectivity index (χ0n) is 13.0. The molecule has 2 aromatic carbocycles. The minimum atomic E-state index is -0.658. The largest absolute Gasteiger partial charge is 0.482 e. The monoisotopic (exact) mass is 325 g/mol. The number of carbonyl (C=O) groups is 3. The molecule has 24 heavy (non-hydrogen) atoms. The van der Waals surface area contributed by atoms with Crippen molar-refractivity contribution in [3.63, 3.8) is 0 Å². The molecule has 0 N–H and O–H groups in total. The van der Waals surface area contributed by atoms with E-state index >= 15 is 0 Å². The van der Waals surface area contributed by atoms with Crippen molar-refractivity contribution in [1.82, 2.24) is 4.90 Å². The van der Waals surface area contributed by atoms with Crippen LogP contribution in [0.15, 0.2) is 48.5 Å². The minimum Gasteiger partial charge on any atom is -0.482 e. The van der Waals surface area contributed by atoms with Crippen molar-refractivity contribution in [2.45, 2.75) is 6.92 Å². The van der Waals surface area contributed by atoms with Gasteiger partial charge in [-0.15, -0.1) is 0 Å². The summed E-state index contributed by atoms with van der Waals surface area (Å²) in [7, 11) is 0. The number of para-hydroxylation sites is 1. The number of nitrogens with zero attached hydrogens (tertiary/aromatic N) is 1. The van der Waals surface area contributed by atoms with Gasteiger partial charge in [-0.1, -0.05) is 30.3 Å². The van der Waals surface area contributed by atoms with Gasteiger partial charge in [-0.2, -0.15) is 0 Å². The maximum atomic E-state index is 12.1. The molecule has 122 valence electrons. The van der Waals surface area contributed by atoms with Crippen LogP contribution < -0.4 is 4.74 Å². The number of esters is 1. The molecule has 6 heteroatoms.